The normalized spacial score (nSPS) is 11.8. The fourth-order valence-electron chi connectivity index (χ4n) is 2.63. The van der Waals surface area contributed by atoms with Crippen molar-refractivity contribution in [3.05, 3.63) is 59.7 Å². The van der Waals surface area contributed by atoms with Crippen molar-refractivity contribution in [2.75, 3.05) is 13.2 Å². The highest BCUT2D eigenvalue weighted by Crippen LogP contribution is 2.23. The summed E-state index contributed by atoms with van der Waals surface area (Å²) >= 11 is 0. The van der Waals surface area contributed by atoms with Crippen LogP contribution in [0.4, 0.5) is 0 Å². The average Bonchev–Trinajstić information content (AvgIpc) is 2.61. The number of aromatic hydroxyl groups is 1. The molecule has 0 spiro atoms. The zero-order valence-corrected chi connectivity index (χ0v) is 14.9. The Morgan fingerprint density at radius 3 is 2.60 bits per heavy atom. The van der Waals surface area contributed by atoms with Crippen molar-refractivity contribution >= 4 is 5.97 Å². The first-order chi connectivity index (χ1) is 12.1. The van der Waals surface area contributed by atoms with Crippen molar-refractivity contribution in [2.24, 2.45) is 0 Å². The third kappa shape index (κ3) is 6.49. The summed E-state index contributed by atoms with van der Waals surface area (Å²) in [6.45, 7) is 4.92. The van der Waals surface area contributed by atoms with E-state index in [1.54, 1.807) is 12.1 Å². The molecule has 0 fully saturated rings. The number of hydrogen-bond donors (Lipinski definition) is 1. The van der Waals surface area contributed by atoms with Gasteiger partial charge in [-0.25, -0.2) is 0 Å². The van der Waals surface area contributed by atoms with E-state index in [1.807, 2.05) is 43.3 Å². The van der Waals surface area contributed by atoms with Crippen molar-refractivity contribution in [3.63, 3.8) is 0 Å². The zero-order chi connectivity index (χ0) is 18.1. The summed E-state index contributed by atoms with van der Waals surface area (Å²) in [6, 6.07) is 15.2. The van der Waals surface area contributed by atoms with E-state index in [2.05, 4.69) is 6.92 Å². The summed E-state index contributed by atoms with van der Waals surface area (Å²) in [5.41, 5.74) is 2.23. The van der Waals surface area contributed by atoms with Gasteiger partial charge in [0, 0.05) is 12.8 Å². The molecule has 0 heterocycles. The van der Waals surface area contributed by atoms with Gasteiger partial charge < -0.3 is 14.6 Å². The predicted molar refractivity (Wildman–Crippen MR) is 98.0 cm³/mol. The molecule has 1 N–H and O–H groups in total. The third-order valence-electron chi connectivity index (χ3n) is 4.11. The van der Waals surface area contributed by atoms with Gasteiger partial charge in [0.05, 0.1) is 13.2 Å². The maximum Gasteiger partial charge on any atom is 0.305 e. The number of benzene rings is 2. The SMILES string of the molecule is CCOC(=O)CCC(C)c1ccc(OCCc2cccc(O)c2)cc1. The van der Waals surface area contributed by atoms with Crippen LogP contribution in [0.1, 0.15) is 43.7 Å². The number of ether oxygens (including phenoxy) is 2. The van der Waals surface area contributed by atoms with Crippen LogP contribution in [-0.4, -0.2) is 24.3 Å². The van der Waals surface area contributed by atoms with Crippen LogP contribution in [0, 0.1) is 0 Å². The molecule has 4 heteroatoms. The zero-order valence-electron chi connectivity index (χ0n) is 14.9. The summed E-state index contributed by atoms with van der Waals surface area (Å²) in [5, 5.41) is 9.45. The number of rotatable bonds is 9. The molecule has 1 unspecified atom stereocenters. The number of carbonyl (C=O) groups is 1. The molecule has 4 nitrogen and oxygen atoms in total. The van der Waals surface area contributed by atoms with Crippen LogP contribution in [0.15, 0.2) is 48.5 Å². The first kappa shape index (κ1) is 18.8. The monoisotopic (exact) mass is 342 g/mol. The van der Waals surface area contributed by atoms with E-state index >= 15 is 0 Å². The molecule has 0 aliphatic rings. The van der Waals surface area contributed by atoms with E-state index in [1.165, 1.54) is 5.56 Å². The highest BCUT2D eigenvalue weighted by Gasteiger charge is 2.09. The molecule has 0 amide bonds. The van der Waals surface area contributed by atoms with E-state index in [0.717, 1.165) is 24.2 Å². The van der Waals surface area contributed by atoms with Crippen molar-refractivity contribution in [1.82, 2.24) is 0 Å². The summed E-state index contributed by atoms with van der Waals surface area (Å²) in [4.78, 5) is 11.4. The molecule has 2 aromatic rings. The summed E-state index contributed by atoms with van der Waals surface area (Å²) < 4.78 is 10.7. The molecule has 0 bridgehead atoms. The number of phenols is 1. The Bertz CT molecular complexity index is 664. The van der Waals surface area contributed by atoms with E-state index in [-0.39, 0.29) is 11.7 Å². The molecule has 2 aromatic carbocycles. The number of hydrogen-bond acceptors (Lipinski definition) is 4. The lowest BCUT2D eigenvalue weighted by atomic mass is 9.96. The minimum Gasteiger partial charge on any atom is -0.508 e. The highest BCUT2D eigenvalue weighted by molar-refractivity contribution is 5.69. The second kappa shape index (κ2) is 9.72. The number of esters is 1. The minimum atomic E-state index is -0.138. The lowest BCUT2D eigenvalue weighted by molar-refractivity contribution is -0.143. The van der Waals surface area contributed by atoms with Gasteiger partial charge in [-0.2, -0.15) is 0 Å². The molecular weight excluding hydrogens is 316 g/mol. The fourth-order valence-corrected chi connectivity index (χ4v) is 2.63. The quantitative estimate of drug-likeness (QED) is 0.684. The molecular formula is C21H26O4. The van der Waals surface area contributed by atoms with Gasteiger partial charge in [-0.3, -0.25) is 4.79 Å². The van der Waals surface area contributed by atoms with Crippen LogP contribution in [0.25, 0.3) is 0 Å². The summed E-state index contributed by atoms with van der Waals surface area (Å²) in [6.07, 6.45) is 1.96. The molecule has 0 saturated heterocycles. The Hall–Kier alpha value is -2.49. The Balaban J connectivity index is 1.78. The van der Waals surface area contributed by atoms with Crippen LogP contribution in [-0.2, 0) is 16.0 Å². The smallest absolute Gasteiger partial charge is 0.305 e. The second-order valence-electron chi connectivity index (χ2n) is 6.08. The largest absolute Gasteiger partial charge is 0.508 e. The van der Waals surface area contributed by atoms with Gasteiger partial charge in [-0.05, 0) is 54.7 Å². The molecule has 0 aliphatic heterocycles. The van der Waals surface area contributed by atoms with E-state index in [9.17, 15) is 9.90 Å². The Morgan fingerprint density at radius 2 is 1.92 bits per heavy atom. The molecule has 0 saturated carbocycles. The topological polar surface area (TPSA) is 55.8 Å². The molecule has 0 radical (unpaired) electrons. The second-order valence-corrected chi connectivity index (χ2v) is 6.08. The maximum atomic E-state index is 11.4. The van der Waals surface area contributed by atoms with Gasteiger partial charge in [0.2, 0.25) is 0 Å². The van der Waals surface area contributed by atoms with E-state index < -0.39 is 0 Å². The van der Waals surface area contributed by atoms with E-state index in [0.29, 0.717) is 25.6 Å². The van der Waals surface area contributed by atoms with E-state index in [4.69, 9.17) is 9.47 Å². The maximum absolute atomic E-state index is 11.4. The van der Waals surface area contributed by atoms with Gasteiger partial charge in [0.1, 0.15) is 11.5 Å². The van der Waals surface area contributed by atoms with Crippen molar-refractivity contribution in [3.8, 4) is 11.5 Å². The van der Waals surface area contributed by atoms with Crippen molar-refractivity contribution in [1.29, 1.82) is 0 Å². The van der Waals surface area contributed by atoms with Crippen LogP contribution in [0.3, 0.4) is 0 Å². The van der Waals surface area contributed by atoms with Crippen molar-refractivity contribution in [2.45, 2.75) is 39.0 Å². The molecule has 0 aromatic heterocycles. The van der Waals surface area contributed by atoms with Gasteiger partial charge in [-0.15, -0.1) is 0 Å². The predicted octanol–water partition coefficient (Wildman–Crippen LogP) is 4.46. The van der Waals surface area contributed by atoms with Crippen molar-refractivity contribution < 1.29 is 19.4 Å². The molecule has 1 atom stereocenters. The standard InChI is InChI=1S/C21H26O4/c1-3-24-21(23)12-7-16(2)18-8-10-20(11-9-18)25-14-13-17-5-4-6-19(22)15-17/h4-6,8-11,15-16,22H,3,7,12-14H2,1-2H3. The number of carbonyl (C=O) groups excluding carboxylic acids is 1. The van der Waals surface area contributed by atoms with Crippen LogP contribution >= 0.6 is 0 Å². The van der Waals surface area contributed by atoms with Gasteiger partial charge in [0.15, 0.2) is 0 Å². The Labute approximate surface area is 149 Å². The van der Waals surface area contributed by atoms with Gasteiger partial charge >= 0.3 is 5.97 Å². The fraction of sp³-hybridized carbons (Fsp3) is 0.381. The van der Waals surface area contributed by atoms with Crippen LogP contribution in [0.5, 0.6) is 11.5 Å². The lowest BCUT2D eigenvalue weighted by Crippen LogP contribution is -2.06. The molecule has 2 rings (SSSR count). The molecule has 25 heavy (non-hydrogen) atoms. The molecule has 0 aliphatic carbocycles. The lowest BCUT2D eigenvalue weighted by Gasteiger charge is -2.13. The minimum absolute atomic E-state index is 0.138. The first-order valence-corrected chi connectivity index (χ1v) is 8.74. The first-order valence-electron chi connectivity index (χ1n) is 8.74. The highest BCUT2D eigenvalue weighted by atomic mass is 16.5. The molecule has 134 valence electrons. The Kier molecular flexibility index (Phi) is 7.33. The summed E-state index contributed by atoms with van der Waals surface area (Å²) in [7, 11) is 0. The van der Waals surface area contributed by atoms with Crippen LogP contribution in [0.2, 0.25) is 0 Å². The summed E-state index contributed by atoms with van der Waals surface area (Å²) in [5.74, 6) is 1.26. The Morgan fingerprint density at radius 1 is 1.16 bits per heavy atom. The van der Waals surface area contributed by atoms with Gasteiger partial charge in [-0.1, -0.05) is 31.2 Å². The van der Waals surface area contributed by atoms with Crippen LogP contribution < -0.4 is 4.74 Å². The number of phenolic OH excluding ortho intramolecular Hbond substituents is 1. The third-order valence-corrected chi connectivity index (χ3v) is 4.11. The van der Waals surface area contributed by atoms with Gasteiger partial charge in [0.25, 0.3) is 0 Å². The average molecular weight is 342 g/mol.